The first-order valence-electron chi connectivity index (χ1n) is 9.84. The van der Waals surface area contributed by atoms with Gasteiger partial charge in [0.2, 0.25) is 0 Å². The smallest absolute Gasteiger partial charge is 0.253 e. The van der Waals surface area contributed by atoms with E-state index in [-0.39, 0.29) is 29.9 Å². The molecular weight excluding hydrogens is 467 g/mol. The van der Waals surface area contributed by atoms with E-state index in [9.17, 15) is 4.79 Å². The Morgan fingerprint density at radius 3 is 2.61 bits per heavy atom. The van der Waals surface area contributed by atoms with Gasteiger partial charge in [0, 0.05) is 39.4 Å². The van der Waals surface area contributed by atoms with Gasteiger partial charge >= 0.3 is 0 Å². The van der Waals surface area contributed by atoms with E-state index >= 15 is 0 Å². The van der Waals surface area contributed by atoms with Gasteiger partial charge in [-0.05, 0) is 43.4 Å². The van der Waals surface area contributed by atoms with E-state index < -0.39 is 0 Å². The van der Waals surface area contributed by atoms with Gasteiger partial charge in [0.05, 0.1) is 13.2 Å². The molecule has 0 aliphatic rings. The van der Waals surface area contributed by atoms with Crippen molar-refractivity contribution in [2.24, 2.45) is 10.9 Å². The van der Waals surface area contributed by atoms with Crippen LogP contribution in [0.5, 0.6) is 0 Å². The molecule has 0 saturated heterocycles. The molecule has 160 valence electrons. The van der Waals surface area contributed by atoms with Gasteiger partial charge in [-0.2, -0.15) is 0 Å². The van der Waals surface area contributed by atoms with Gasteiger partial charge in [-0.25, -0.2) is 0 Å². The van der Waals surface area contributed by atoms with E-state index in [4.69, 9.17) is 4.74 Å². The Labute approximate surface area is 187 Å². The summed E-state index contributed by atoms with van der Waals surface area (Å²) in [6, 6.07) is 7.78. The maximum atomic E-state index is 12.1. The molecule has 0 fully saturated rings. The van der Waals surface area contributed by atoms with Crippen LogP contribution in [0.1, 0.15) is 43.1 Å². The summed E-state index contributed by atoms with van der Waals surface area (Å²) in [4.78, 5) is 18.2. The predicted octanol–water partition coefficient (Wildman–Crippen LogP) is 3.17. The second-order valence-electron chi connectivity index (χ2n) is 7.13. The Kier molecular flexibility index (Phi) is 14.8. The summed E-state index contributed by atoms with van der Waals surface area (Å²) < 4.78 is 5.60. The topological polar surface area (TPSA) is 66.0 Å². The van der Waals surface area contributed by atoms with E-state index in [2.05, 4.69) is 29.5 Å². The highest BCUT2D eigenvalue weighted by Gasteiger charge is 2.08. The molecule has 0 heterocycles. The van der Waals surface area contributed by atoms with E-state index in [0.717, 1.165) is 49.6 Å². The van der Waals surface area contributed by atoms with E-state index in [1.807, 2.05) is 31.2 Å². The number of nitrogens with one attached hydrogen (secondary N) is 2. The number of carbonyl (C=O) groups is 1. The molecule has 0 atom stereocenters. The second kappa shape index (κ2) is 15.6. The van der Waals surface area contributed by atoms with E-state index in [1.165, 1.54) is 0 Å². The maximum absolute atomic E-state index is 12.1. The summed E-state index contributed by atoms with van der Waals surface area (Å²) in [6.45, 7) is 10.1. The number of halogens is 1. The highest BCUT2D eigenvalue weighted by atomic mass is 127. The number of guanidine groups is 1. The third-order valence-electron chi connectivity index (χ3n) is 3.98. The van der Waals surface area contributed by atoms with Gasteiger partial charge in [0.25, 0.3) is 5.91 Å². The first-order chi connectivity index (χ1) is 12.9. The molecule has 1 aromatic carbocycles. The summed E-state index contributed by atoms with van der Waals surface area (Å²) >= 11 is 0. The summed E-state index contributed by atoms with van der Waals surface area (Å²) in [5, 5.41) is 6.58. The Hall–Kier alpha value is -1.35. The summed E-state index contributed by atoms with van der Waals surface area (Å²) in [5.41, 5.74) is 1.85. The molecule has 0 unspecified atom stereocenters. The number of ether oxygens (including phenoxy) is 1. The number of aliphatic imine (C=N–C) groups is 1. The lowest BCUT2D eigenvalue weighted by Gasteiger charge is -2.13. The van der Waals surface area contributed by atoms with Crippen molar-refractivity contribution in [2.45, 2.75) is 33.6 Å². The molecule has 0 bridgehead atoms. The van der Waals surface area contributed by atoms with Gasteiger partial charge < -0.3 is 20.3 Å². The average Bonchev–Trinajstić information content (AvgIpc) is 2.63. The molecule has 2 N–H and O–H groups in total. The molecule has 28 heavy (non-hydrogen) atoms. The first-order valence-corrected chi connectivity index (χ1v) is 9.84. The number of nitrogens with zero attached hydrogens (tertiary/aromatic N) is 2. The van der Waals surface area contributed by atoms with Crippen LogP contribution in [0.2, 0.25) is 0 Å². The Bertz CT molecular complexity index is 592. The van der Waals surface area contributed by atoms with Gasteiger partial charge in [0.1, 0.15) is 0 Å². The molecule has 7 heteroatoms. The fourth-order valence-corrected chi connectivity index (χ4v) is 2.43. The van der Waals surface area contributed by atoms with Crippen molar-refractivity contribution in [1.82, 2.24) is 15.5 Å². The van der Waals surface area contributed by atoms with Crippen molar-refractivity contribution in [1.29, 1.82) is 0 Å². The molecule has 1 amide bonds. The summed E-state index contributed by atoms with van der Waals surface area (Å²) in [7, 11) is 3.53. The van der Waals surface area contributed by atoms with E-state index in [0.29, 0.717) is 19.1 Å². The number of amides is 1. The molecule has 0 aliphatic carbocycles. The average molecular weight is 504 g/mol. The predicted molar refractivity (Wildman–Crippen MR) is 128 cm³/mol. The highest BCUT2D eigenvalue weighted by molar-refractivity contribution is 14.0. The van der Waals surface area contributed by atoms with Crippen molar-refractivity contribution >= 4 is 35.8 Å². The standard InChI is InChI=1S/C21H36N4O2.HI/c1-6-22-21(24-13-15-27-14-11-17(2)3)23-12-10-18-8-7-9-19(16-18)20(26)25(4)5;/h7-9,16-17H,6,10-15H2,1-5H3,(H2,22,23,24);1H. The number of hydrogen-bond donors (Lipinski definition) is 2. The minimum absolute atomic E-state index is 0. The molecular formula is C21H37IN4O2. The number of benzene rings is 1. The number of hydrogen-bond acceptors (Lipinski definition) is 3. The fraction of sp³-hybridized carbons (Fsp3) is 0.619. The van der Waals surface area contributed by atoms with Crippen LogP contribution in [0.3, 0.4) is 0 Å². The molecule has 0 spiro atoms. The van der Waals surface area contributed by atoms with Crippen molar-refractivity contribution in [3.8, 4) is 0 Å². The molecule has 6 nitrogen and oxygen atoms in total. The van der Waals surface area contributed by atoms with Crippen LogP contribution in [0.25, 0.3) is 0 Å². The Morgan fingerprint density at radius 1 is 1.21 bits per heavy atom. The SMILES string of the molecule is CCNC(=NCCOCCC(C)C)NCCc1cccc(C(=O)N(C)C)c1.I. The van der Waals surface area contributed by atoms with Crippen LogP contribution >= 0.6 is 24.0 Å². The zero-order chi connectivity index (χ0) is 20.1. The van der Waals surface area contributed by atoms with Crippen molar-refractivity contribution in [2.75, 3.05) is 46.9 Å². The van der Waals surface area contributed by atoms with Gasteiger partial charge in [-0.15, -0.1) is 24.0 Å². The van der Waals surface area contributed by atoms with Crippen LogP contribution in [0.4, 0.5) is 0 Å². The van der Waals surface area contributed by atoms with E-state index in [1.54, 1.807) is 19.0 Å². The Balaban J connectivity index is 0.00000729. The molecule has 0 radical (unpaired) electrons. The summed E-state index contributed by atoms with van der Waals surface area (Å²) in [5.74, 6) is 1.49. The summed E-state index contributed by atoms with van der Waals surface area (Å²) in [6.07, 6.45) is 1.90. The minimum atomic E-state index is 0. The molecule has 0 aliphatic heterocycles. The third-order valence-corrected chi connectivity index (χ3v) is 3.98. The quantitative estimate of drug-likeness (QED) is 0.210. The lowest BCUT2D eigenvalue weighted by atomic mass is 10.1. The van der Waals surface area contributed by atoms with Crippen molar-refractivity contribution in [3.05, 3.63) is 35.4 Å². The largest absolute Gasteiger partial charge is 0.380 e. The normalized spacial score (nSPS) is 11.1. The van der Waals surface area contributed by atoms with Gasteiger partial charge in [0.15, 0.2) is 5.96 Å². The fourth-order valence-electron chi connectivity index (χ4n) is 2.43. The number of rotatable bonds is 11. The lowest BCUT2D eigenvalue weighted by molar-refractivity contribution is 0.0827. The van der Waals surface area contributed by atoms with Gasteiger partial charge in [-0.3, -0.25) is 9.79 Å². The highest BCUT2D eigenvalue weighted by Crippen LogP contribution is 2.07. The van der Waals surface area contributed by atoms with Crippen LogP contribution in [-0.4, -0.2) is 63.7 Å². The molecule has 0 saturated carbocycles. The van der Waals surface area contributed by atoms with Gasteiger partial charge in [-0.1, -0.05) is 26.0 Å². The van der Waals surface area contributed by atoms with Crippen LogP contribution in [-0.2, 0) is 11.2 Å². The third kappa shape index (κ3) is 11.5. The molecule has 1 aromatic rings. The lowest BCUT2D eigenvalue weighted by Crippen LogP contribution is -2.38. The second-order valence-corrected chi connectivity index (χ2v) is 7.13. The monoisotopic (exact) mass is 504 g/mol. The molecule has 1 rings (SSSR count). The number of carbonyl (C=O) groups excluding carboxylic acids is 1. The minimum Gasteiger partial charge on any atom is -0.380 e. The zero-order valence-corrected chi connectivity index (χ0v) is 20.3. The zero-order valence-electron chi connectivity index (χ0n) is 18.0. The van der Waals surface area contributed by atoms with Crippen molar-refractivity contribution < 1.29 is 9.53 Å². The van der Waals surface area contributed by atoms with Crippen LogP contribution in [0, 0.1) is 5.92 Å². The van der Waals surface area contributed by atoms with Crippen LogP contribution < -0.4 is 10.6 Å². The molecule has 0 aromatic heterocycles. The first kappa shape index (κ1) is 26.6. The maximum Gasteiger partial charge on any atom is 0.253 e. The van der Waals surface area contributed by atoms with Crippen LogP contribution in [0.15, 0.2) is 29.3 Å². The van der Waals surface area contributed by atoms with Crippen molar-refractivity contribution in [3.63, 3.8) is 0 Å². The Morgan fingerprint density at radius 2 is 1.96 bits per heavy atom.